The minimum atomic E-state index is -0.963. The number of hydrogen-bond donors (Lipinski definition) is 2. The van der Waals surface area contributed by atoms with Crippen molar-refractivity contribution in [3.63, 3.8) is 0 Å². The molecule has 1 aromatic rings. The van der Waals surface area contributed by atoms with Gasteiger partial charge >= 0.3 is 12.1 Å². The first-order valence-corrected chi connectivity index (χ1v) is 18.1. The molecule has 0 unspecified atom stereocenters. The smallest absolute Gasteiger partial charge is 0.410 e. The number of amides is 4. The average molecular weight is 666 g/mol. The molecule has 4 heterocycles. The zero-order valence-corrected chi connectivity index (χ0v) is 29.3. The van der Waals surface area contributed by atoms with Crippen molar-refractivity contribution in [2.45, 2.75) is 97.2 Å². The highest BCUT2D eigenvalue weighted by molar-refractivity contribution is 5.84. The number of phenols is 1. The van der Waals surface area contributed by atoms with E-state index in [-0.39, 0.29) is 30.2 Å². The summed E-state index contributed by atoms with van der Waals surface area (Å²) in [6, 6.07) is 4.15. The van der Waals surface area contributed by atoms with Crippen molar-refractivity contribution in [2.24, 2.45) is 0 Å². The van der Waals surface area contributed by atoms with Gasteiger partial charge in [0.05, 0.1) is 13.2 Å². The summed E-state index contributed by atoms with van der Waals surface area (Å²) >= 11 is 0. The maximum Gasteiger partial charge on any atom is 0.410 e. The third kappa shape index (κ3) is 8.52. The van der Waals surface area contributed by atoms with Crippen LogP contribution in [-0.2, 0) is 20.7 Å². The van der Waals surface area contributed by atoms with Gasteiger partial charge in [0, 0.05) is 70.0 Å². The minimum absolute atomic E-state index is 0.0440. The number of piperidine rings is 2. The number of carbonyl (C=O) groups is 3. The standard InChI is InChI=1S/C35H49N5O6.C2H6/c1-24-21-26(22-25(2)32(24)41)23-31(33(42)38-12-8-28(9-13-38)37-17-19-45-20-18-37)46-35(44)39-14-10-29(11-15-39)40-16-7-27-5-3-4-6-30(27)36-34(40)43;1-2/h3,5,21-22,28-29,31,41H,4,6-20,23H2,1-2H3,(H,36,43);1-2H3/t31-;/m1./s1. The van der Waals surface area contributed by atoms with Gasteiger partial charge in [0.25, 0.3) is 5.91 Å². The van der Waals surface area contributed by atoms with Gasteiger partial charge in [-0.1, -0.05) is 38.1 Å². The van der Waals surface area contributed by atoms with Gasteiger partial charge < -0.3 is 34.6 Å². The molecule has 4 amide bonds. The second-order valence-corrected chi connectivity index (χ2v) is 13.4. The maximum atomic E-state index is 14.0. The van der Waals surface area contributed by atoms with E-state index in [1.807, 2.05) is 49.6 Å². The second-order valence-electron chi connectivity index (χ2n) is 13.4. The van der Waals surface area contributed by atoms with Crippen LogP contribution in [0.2, 0.25) is 0 Å². The van der Waals surface area contributed by atoms with Crippen molar-refractivity contribution < 1.29 is 29.0 Å². The van der Waals surface area contributed by atoms with E-state index in [0.29, 0.717) is 51.6 Å². The summed E-state index contributed by atoms with van der Waals surface area (Å²) in [7, 11) is 0. The molecule has 0 bridgehead atoms. The summed E-state index contributed by atoms with van der Waals surface area (Å²) in [5.74, 6) is 0.0704. The molecule has 2 N–H and O–H groups in total. The van der Waals surface area contributed by atoms with Crippen molar-refractivity contribution in [2.75, 3.05) is 59.0 Å². The number of ether oxygens (including phenoxy) is 2. The lowest BCUT2D eigenvalue weighted by atomic mass is 9.99. The number of hydrogen-bond acceptors (Lipinski definition) is 7. The van der Waals surface area contributed by atoms with E-state index in [1.54, 1.807) is 4.90 Å². The van der Waals surface area contributed by atoms with E-state index < -0.39 is 12.2 Å². The Morgan fingerprint density at radius 2 is 1.54 bits per heavy atom. The molecule has 0 spiro atoms. The third-order valence-corrected chi connectivity index (χ3v) is 10.4. The van der Waals surface area contributed by atoms with Gasteiger partial charge in [-0.05, 0) is 81.1 Å². The summed E-state index contributed by atoms with van der Waals surface area (Å²) < 4.78 is 11.6. The summed E-state index contributed by atoms with van der Waals surface area (Å²) in [6.07, 6.45) is 8.82. The highest BCUT2D eigenvalue weighted by Gasteiger charge is 2.36. The first-order chi connectivity index (χ1) is 23.3. The molecular formula is C37H55N5O6. The van der Waals surface area contributed by atoms with Crippen LogP contribution in [0.3, 0.4) is 0 Å². The predicted molar refractivity (Wildman–Crippen MR) is 185 cm³/mol. The SMILES string of the molecule is CC.Cc1cc(C[C@@H](OC(=O)N2CCC(N3CCC4=C(CCC=C4)NC3=O)CC2)C(=O)N2CCC(N3CCOCC3)CC2)cc(C)c1O. The second kappa shape index (κ2) is 16.7. The summed E-state index contributed by atoms with van der Waals surface area (Å²) in [4.78, 5) is 48.5. The molecule has 48 heavy (non-hydrogen) atoms. The molecule has 0 saturated carbocycles. The molecule has 0 radical (unpaired) electrons. The van der Waals surface area contributed by atoms with Gasteiger partial charge in [0.2, 0.25) is 0 Å². The Morgan fingerprint density at radius 3 is 2.21 bits per heavy atom. The largest absolute Gasteiger partial charge is 0.507 e. The summed E-state index contributed by atoms with van der Waals surface area (Å²) in [5, 5.41) is 13.4. The van der Waals surface area contributed by atoms with Gasteiger partial charge in [-0.3, -0.25) is 9.69 Å². The zero-order valence-electron chi connectivity index (χ0n) is 29.3. The van der Waals surface area contributed by atoms with Crippen LogP contribution < -0.4 is 5.32 Å². The summed E-state index contributed by atoms with van der Waals surface area (Å²) in [5.41, 5.74) is 4.55. The van der Waals surface area contributed by atoms with Gasteiger partial charge in [0.15, 0.2) is 6.10 Å². The predicted octanol–water partition coefficient (Wildman–Crippen LogP) is 4.89. The van der Waals surface area contributed by atoms with Gasteiger partial charge in [-0.2, -0.15) is 0 Å². The van der Waals surface area contributed by atoms with Crippen molar-refractivity contribution in [3.05, 3.63) is 52.2 Å². The van der Waals surface area contributed by atoms with E-state index in [2.05, 4.69) is 22.4 Å². The van der Waals surface area contributed by atoms with Crippen LogP contribution in [0.25, 0.3) is 0 Å². The van der Waals surface area contributed by atoms with Crippen LogP contribution in [0.15, 0.2) is 35.6 Å². The van der Waals surface area contributed by atoms with Gasteiger partial charge in [-0.15, -0.1) is 0 Å². The number of likely N-dealkylation sites (tertiary alicyclic amines) is 2. The minimum Gasteiger partial charge on any atom is -0.507 e. The van der Waals surface area contributed by atoms with E-state index in [0.717, 1.165) is 80.8 Å². The fourth-order valence-electron chi connectivity index (χ4n) is 7.69. The summed E-state index contributed by atoms with van der Waals surface area (Å²) in [6.45, 7) is 13.9. The number of aryl methyl sites for hydroxylation is 2. The van der Waals surface area contributed by atoms with Gasteiger partial charge in [-0.25, -0.2) is 9.59 Å². The molecular weight excluding hydrogens is 610 g/mol. The van der Waals surface area contributed by atoms with Crippen molar-refractivity contribution >= 4 is 18.0 Å². The molecule has 3 saturated heterocycles. The Morgan fingerprint density at radius 1 is 0.917 bits per heavy atom. The van der Waals surface area contributed by atoms with E-state index in [4.69, 9.17) is 9.47 Å². The van der Waals surface area contributed by atoms with Crippen LogP contribution in [0, 0.1) is 13.8 Å². The van der Waals surface area contributed by atoms with Crippen molar-refractivity contribution in [1.29, 1.82) is 0 Å². The van der Waals surface area contributed by atoms with Crippen molar-refractivity contribution in [3.8, 4) is 5.75 Å². The molecule has 0 aromatic heterocycles. The highest BCUT2D eigenvalue weighted by atomic mass is 16.6. The normalized spacial score (nSPS) is 21.9. The number of nitrogens with one attached hydrogen (secondary N) is 1. The maximum absolute atomic E-state index is 14.0. The highest BCUT2D eigenvalue weighted by Crippen LogP contribution is 2.28. The van der Waals surface area contributed by atoms with Crippen LogP contribution in [-0.4, -0.2) is 120 Å². The number of rotatable bonds is 6. The monoisotopic (exact) mass is 665 g/mol. The molecule has 11 heteroatoms. The van der Waals surface area contributed by atoms with Gasteiger partial charge in [0.1, 0.15) is 5.75 Å². The first-order valence-electron chi connectivity index (χ1n) is 18.1. The van der Waals surface area contributed by atoms with Crippen LogP contribution >= 0.6 is 0 Å². The van der Waals surface area contributed by atoms with Crippen LogP contribution in [0.1, 0.15) is 75.5 Å². The van der Waals surface area contributed by atoms with Crippen LogP contribution in [0.4, 0.5) is 9.59 Å². The molecule has 11 nitrogen and oxygen atoms in total. The lowest BCUT2D eigenvalue weighted by Crippen LogP contribution is -2.53. The number of urea groups is 1. The molecule has 4 aliphatic heterocycles. The molecule has 6 rings (SSSR count). The molecule has 3 fully saturated rings. The number of carbonyl (C=O) groups excluding carboxylic acids is 3. The lowest BCUT2D eigenvalue weighted by Gasteiger charge is -2.41. The fraction of sp³-hybridized carbons (Fsp3) is 0.649. The quantitative estimate of drug-likeness (QED) is 0.445. The third-order valence-electron chi connectivity index (χ3n) is 10.4. The number of aromatic hydroxyl groups is 1. The Bertz CT molecular complexity index is 1330. The Hall–Kier alpha value is -3.57. The van der Waals surface area contributed by atoms with Crippen LogP contribution in [0.5, 0.6) is 5.75 Å². The molecule has 5 aliphatic rings. The Kier molecular flexibility index (Phi) is 12.4. The topological polar surface area (TPSA) is 115 Å². The fourth-order valence-corrected chi connectivity index (χ4v) is 7.69. The molecule has 1 aromatic carbocycles. The Balaban J connectivity index is 0.00000221. The van der Waals surface area contributed by atoms with Crippen molar-refractivity contribution in [1.82, 2.24) is 24.9 Å². The number of benzene rings is 1. The Labute approximate surface area is 285 Å². The van der Waals surface area contributed by atoms with E-state index >= 15 is 0 Å². The number of morpholine rings is 1. The molecule has 1 aliphatic carbocycles. The first kappa shape index (κ1) is 35.7. The lowest BCUT2D eigenvalue weighted by molar-refractivity contribution is -0.142. The van der Waals surface area contributed by atoms with E-state index in [1.165, 1.54) is 5.57 Å². The zero-order chi connectivity index (χ0) is 34.2. The molecule has 1 atom stereocenters. The number of phenolic OH excluding ortho intramolecular Hbond substituents is 1. The van der Waals surface area contributed by atoms with E-state index in [9.17, 15) is 19.5 Å². The average Bonchev–Trinajstić information content (AvgIpc) is 3.29. The number of allylic oxidation sites excluding steroid dienone is 3. The molecule has 264 valence electrons. The number of nitrogens with zero attached hydrogens (tertiary/aromatic N) is 4.